The van der Waals surface area contributed by atoms with Crippen LogP contribution in [0.25, 0.3) is 5.57 Å². The highest BCUT2D eigenvalue weighted by Gasteiger charge is 2.45. The summed E-state index contributed by atoms with van der Waals surface area (Å²) >= 11 is 0. The third kappa shape index (κ3) is 2.11. The molecule has 0 aliphatic heterocycles. The fourth-order valence-corrected chi connectivity index (χ4v) is 2.71. The number of hydrogen-bond donors (Lipinski definition) is 0. The minimum Gasteiger partial charge on any atom is -0.299 e. The quantitative estimate of drug-likeness (QED) is 0.735. The second-order valence-electron chi connectivity index (χ2n) is 5.17. The summed E-state index contributed by atoms with van der Waals surface area (Å²) in [5.41, 5.74) is 1.23. The van der Waals surface area contributed by atoms with E-state index in [0.717, 1.165) is 17.6 Å². The molecule has 1 aliphatic rings. The molecule has 1 aromatic rings. The number of ketones is 1. The van der Waals surface area contributed by atoms with Crippen molar-refractivity contribution in [2.45, 2.75) is 26.2 Å². The van der Waals surface area contributed by atoms with E-state index in [1.165, 1.54) is 0 Å². The molecule has 91 valence electrons. The van der Waals surface area contributed by atoms with E-state index in [1.807, 2.05) is 37.3 Å². The molecule has 0 N–H and O–H groups in total. The van der Waals surface area contributed by atoms with E-state index in [9.17, 15) is 4.79 Å². The first-order valence-corrected chi connectivity index (χ1v) is 6.24. The minimum atomic E-state index is -0.491. The van der Waals surface area contributed by atoms with Crippen molar-refractivity contribution >= 4 is 11.4 Å². The van der Waals surface area contributed by atoms with Crippen LogP contribution in [0.4, 0.5) is 0 Å². The van der Waals surface area contributed by atoms with Gasteiger partial charge in [0.1, 0.15) is 5.78 Å². The van der Waals surface area contributed by atoms with Crippen LogP contribution in [0, 0.1) is 30.3 Å². The van der Waals surface area contributed by atoms with Gasteiger partial charge in [0, 0.05) is 17.8 Å². The van der Waals surface area contributed by atoms with Crippen LogP contribution in [0.1, 0.15) is 31.7 Å². The molecule has 1 fully saturated rings. The van der Waals surface area contributed by atoms with Gasteiger partial charge in [0.15, 0.2) is 0 Å². The first-order valence-electron chi connectivity index (χ1n) is 6.24. The Morgan fingerprint density at radius 2 is 2.11 bits per heavy atom. The number of benzene rings is 1. The number of carbonyl (C=O) groups excluding carboxylic acids is 1. The van der Waals surface area contributed by atoms with Gasteiger partial charge < -0.3 is 0 Å². The maximum absolute atomic E-state index is 12.1. The molecule has 0 spiro atoms. The molecule has 0 amide bonds. The molecule has 0 saturated heterocycles. The second-order valence-corrected chi connectivity index (χ2v) is 5.17. The number of allylic oxidation sites excluding steroid dienone is 1. The highest BCUT2D eigenvalue weighted by molar-refractivity contribution is 5.89. The molecule has 1 heteroatoms. The van der Waals surface area contributed by atoms with Gasteiger partial charge in [0.2, 0.25) is 0 Å². The second kappa shape index (κ2) is 4.82. The fourth-order valence-electron chi connectivity index (χ4n) is 2.71. The van der Waals surface area contributed by atoms with E-state index in [-0.39, 0.29) is 11.7 Å². The monoisotopic (exact) mass is 237 g/mol. The molecule has 18 heavy (non-hydrogen) atoms. The Hall–Kier alpha value is -1.81. The maximum atomic E-state index is 12.1. The van der Waals surface area contributed by atoms with Crippen molar-refractivity contribution < 1.29 is 4.79 Å². The predicted octanol–water partition coefficient (Wildman–Crippen LogP) is 3.51. The Morgan fingerprint density at radius 3 is 2.72 bits per heavy atom. The average molecular weight is 237 g/mol. The summed E-state index contributed by atoms with van der Waals surface area (Å²) in [5.74, 6) is 3.00. The Balaban J connectivity index is 2.21. The van der Waals surface area contributed by atoms with Gasteiger partial charge >= 0.3 is 0 Å². The van der Waals surface area contributed by atoms with Gasteiger partial charge in [-0.05, 0) is 24.0 Å². The normalized spacial score (nSPS) is 26.9. The predicted molar refractivity (Wildman–Crippen MR) is 73.4 cm³/mol. The fraction of sp³-hybridized carbons (Fsp3) is 0.353. The zero-order chi connectivity index (χ0) is 13.2. The van der Waals surface area contributed by atoms with Crippen molar-refractivity contribution in [1.82, 2.24) is 0 Å². The summed E-state index contributed by atoms with van der Waals surface area (Å²) < 4.78 is 0. The van der Waals surface area contributed by atoms with Crippen LogP contribution in [-0.2, 0) is 4.79 Å². The molecule has 1 saturated carbocycles. The molecular weight excluding hydrogens is 220 g/mol. The number of Topliss-reactive ketones (excluding diaryl/α,β-unsaturated/α-hetero) is 1. The van der Waals surface area contributed by atoms with E-state index < -0.39 is 5.41 Å². The number of terminal acetylenes is 1. The first-order chi connectivity index (χ1) is 8.58. The molecule has 2 atom stereocenters. The van der Waals surface area contributed by atoms with Crippen LogP contribution >= 0.6 is 0 Å². The van der Waals surface area contributed by atoms with Crippen LogP contribution in [-0.4, -0.2) is 5.78 Å². The van der Waals surface area contributed by atoms with Gasteiger partial charge in [-0.1, -0.05) is 43.8 Å². The average Bonchev–Trinajstić information content (AvgIpc) is 2.66. The Morgan fingerprint density at radius 1 is 1.44 bits per heavy atom. The highest BCUT2D eigenvalue weighted by atomic mass is 16.1. The van der Waals surface area contributed by atoms with Crippen molar-refractivity contribution in [2.75, 3.05) is 0 Å². The molecule has 1 aromatic carbocycles. The summed E-state index contributed by atoms with van der Waals surface area (Å²) in [7, 11) is 0. The molecule has 0 heterocycles. The van der Waals surface area contributed by atoms with E-state index in [4.69, 9.17) is 13.0 Å². The smallest absolute Gasteiger partial charge is 0.140 e. The molecule has 1 nitrogen and oxygen atoms in total. The minimum absolute atomic E-state index is 0.00672. The molecule has 0 unspecified atom stereocenters. The molecule has 0 bridgehead atoms. The lowest BCUT2D eigenvalue weighted by molar-refractivity contribution is -0.125. The standard InChI is InChI=1S/C17H17O/c1-4-15-10-11-16(18)17(15,3)12-13(2)14-8-6-5-7-9-14/h1-2,5-9,15H,10-12H2,3H3/t15-,17+/m1/s1. The summed E-state index contributed by atoms with van der Waals surface area (Å²) in [5, 5.41) is 0. The third-order valence-electron chi connectivity index (χ3n) is 3.97. The molecule has 1 radical (unpaired) electrons. The van der Waals surface area contributed by atoms with Gasteiger partial charge in [0.05, 0.1) is 0 Å². The van der Waals surface area contributed by atoms with Crippen molar-refractivity contribution in [3.63, 3.8) is 0 Å². The lowest BCUT2D eigenvalue weighted by Gasteiger charge is -2.27. The Kier molecular flexibility index (Phi) is 3.39. The van der Waals surface area contributed by atoms with Gasteiger partial charge in [-0.15, -0.1) is 12.3 Å². The molecule has 2 rings (SSSR count). The van der Waals surface area contributed by atoms with Gasteiger partial charge in [-0.2, -0.15) is 0 Å². The topological polar surface area (TPSA) is 17.1 Å². The van der Waals surface area contributed by atoms with Crippen LogP contribution in [0.3, 0.4) is 0 Å². The van der Waals surface area contributed by atoms with Crippen LogP contribution in [0.5, 0.6) is 0 Å². The number of carbonyl (C=O) groups is 1. The lowest BCUT2D eigenvalue weighted by Crippen LogP contribution is -2.28. The third-order valence-corrected chi connectivity index (χ3v) is 3.97. The highest BCUT2D eigenvalue weighted by Crippen LogP contribution is 2.45. The largest absolute Gasteiger partial charge is 0.299 e. The Labute approximate surface area is 109 Å². The molecular formula is C17H17O. The van der Waals surface area contributed by atoms with Gasteiger partial charge in [0.25, 0.3) is 0 Å². The zero-order valence-electron chi connectivity index (χ0n) is 10.6. The summed E-state index contributed by atoms with van der Waals surface area (Å²) in [6.45, 7) is 8.08. The van der Waals surface area contributed by atoms with E-state index >= 15 is 0 Å². The molecule has 1 aliphatic carbocycles. The number of rotatable bonds is 3. The summed E-state index contributed by atoms with van der Waals surface area (Å²) in [6, 6.07) is 9.76. The van der Waals surface area contributed by atoms with E-state index in [0.29, 0.717) is 12.8 Å². The first kappa shape index (κ1) is 12.6. The van der Waals surface area contributed by atoms with Crippen LogP contribution < -0.4 is 0 Å². The summed E-state index contributed by atoms with van der Waals surface area (Å²) in [4.78, 5) is 12.1. The van der Waals surface area contributed by atoms with E-state index in [1.54, 1.807) is 0 Å². The van der Waals surface area contributed by atoms with Crippen molar-refractivity contribution in [3.05, 3.63) is 42.5 Å². The summed E-state index contributed by atoms with van der Waals surface area (Å²) in [6.07, 6.45) is 7.44. The van der Waals surface area contributed by atoms with E-state index in [2.05, 4.69) is 5.92 Å². The molecule has 0 aromatic heterocycles. The van der Waals surface area contributed by atoms with Crippen molar-refractivity contribution in [1.29, 1.82) is 0 Å². The Bertz CT molecular complexity index is 506. The van der Waals surface area contributed by atoms with Crippen molar-refractivity contribution in [3.8, 4) is 12.3 Å². The van der Waals surface area contributed by atoms with Crippen LogP contribution in [0.15, 0.2) is 30.3 Å². The maximum Gasteiger partial charge on any atom is 0.140 e. The lowest BCUT2D eigenvalue weighted by atomic mass is 9.74. The van der Waals surface area contributed by atoms with Crippen LogP contribution in [0.2, 0.25) is 0 Å². The van der Waals surface area contributed by atoms with Crippen molar-refractivity contribution in [2.24, 2.45) is 11.3 Å². The zero-order valence-corrected chi connectivity index (χ0v) is 10.6. The van der Waals surface area contributed by atoms with Gasteiger partial charge in [-0.25, -0.2) is 0 Å². The SMILES string of the molecule is [CH]=C(C[C@]1(C)C(=O)CC[C@H]1C#C)c1ccccc1. The number of hydrogen-bond acceptors (Lipinski definition) is 1. The van der Waals surface area contributed by atoms with Gasteiger partial charge in [-0.3, -0.25) is 4.79 Å².